The number of fused-ring (bicyclic) bond motifs is 1. The summed E-state index contributed by atoms with van der Waals surface area (Å²) in [5.41, 5.74) is 3.77. The molecule has 104 valence electrons. The van der Waals surface area contributed by atoms with Gasteiger partial charge < -0.3 is 4.57 Å². The number of nitrogens with zero attached hydrogens (tertiary/aromatic N) is 2. The van der Waals surface area contributed by atoms with Crippen molar-refractivity contribution in [1.82, 2.24) is 4.57 Å². The molecule has 0 saturated carbocycles. The van der Waals surface area contributed by atoms with E-state index >= 15 is 0 Å². The summed E-state index contributed by atoms with van der Waals surface area (Å²) in [4.78, 5) is 0. The number of benzene rings is 2. The van der Waals surface area contributed by atoms with Crippen LogP contribution in [0.5, 0.6) is 0 Å². The zero-order chi connectivity index (χ0) is 14.5. The highest BCUT2D eigenvalue weighted by molar-refractivity contribution is 5.87. The van der Waals surface area contributed by atoms with Crippen LogP contribution in [0.2, 0.25) is 0 Å². The average molecular weight is 274 g/mol. The molecule has 0 fully saturated rings. The molecule has 3 rings (SSSR count). The Morgan fingerprint density at radius 2 is 1.67 bits per heavy atom. The van der Waals surface area contributed by atoms with E-state index in [1.807, 2.05) is 6.07 Å². The summed E-state index contributed by atoms with van der Waals surface area (Å²) >= 11 is 0. The van der Waals surface area contributed by atoms with Gasteiger partial charge >= 0.3 is 0 Å². The summed E-state index contributed by atoms with van der Waals surface area (Å²) in [6.45, 7) is 0.958. The maximum atomic E-state index is 8.67. The van der Waals surface area contributed by atoms with E-state index in [4.69, 9.17) is 5.26 Å². The molecule has 0 spiro atoms. The molecule has 2 heteroatoms. The van der Waals surface area contributed by atoms with Crippen LogP contribution < -0.4 is 0 Å². The van der Waals surface area contributed by atoms with E-state index in [0.29, 0.717) is 6.42 Å². The normalized spacial score (nSPS) is 10.6. The Morgan fingerprint density at radius 1 is 0.905 bits per heavy atom. The van der Waals surface area contributed by atoms with E-state index in [-0.39, 0.29) is 0 Å². The van der Waals surface area contributed by atoms with E-state index in [2.05, 4.69) is 65.2 Å². The van der Waals surface area contributed by atoms with Crippen LogP contribution in [0, 0.1) is 11.3 Å². The first kappa shape index (κ1) is 13.5. The molecule has 2 nitrogen and oxygen atoms in total. The van der Waals surface area contributed by atoms with E-state index in [9.17, 15) is 0 Å². The van der Waals surface area contributed by atoms with Crippen LogP contribution in [0.4, 0.5) is 0 Å². The molecule has 21 heavy (non-hydrogen) atoms. The molecule has 0 radical (unpaired) electrons. The van der Waals surface area contributed by atoms with Gasteiger partial charge in [0, 0.05) is 29.6 Å². The van der Waals surface area contributed by atoms with Crippen molar-refractivity contribution in [3.8, 4) is 17.3 Å². The first-order chi connectivity index (χ1) is 10.4. The summed E-state index contributed by atoms with van der Waals surface area (Å²) in [7, 11) is 0. The molecular weight excluding hydrogens is 256 g/mol. The van der Waals surface area contributed by atoms with Crippen LogP contribution in [0.1, 0.15) is 19.3 Å². The second-order valence-corrected chi connectivity index (χ2v) is 5.22. The van der Waals surface area contributed by atoms with Gasteiger partial charge in [0.25, 0.3) is 0 Å². The fraction of sp³-hybridized carbons (Fsp3) is 0.211. The Bertz CT molecular complexity index is 763. The molecule has 1 heterocycles. The van der Waals surface area contributed by atoms with Crippen LogP contribution in [0.25, 0.3) is 22.2 Å². The minimum Gasteiger partial charge on any atom is -0.340 e. The average Bonchev–Trinajstić information content (AvgIpc) is 2.91. The van der Waals surface area contributed by atoms with Crippen molar-refractivity contribution in [2.45, 2.75) is 25.8 Å². The molecule has 1 aromatic heterocycles. The second-order valence-electron chi connectivity index (χ2n) is 5.22. The van der Waals surface area contributed by atoms with Gasteiger partial charge in [0.1, 0.15) is 0 Å². The minimum absolute atomic E-state index is 0.639. The highest BCUT2D eigenvalue weighted by Crippen LogP contribution is 2.28. The molecule has 3 aromatic rings. The Kier molecular flexibility index (Phi) is 4.02. The summed E-state index contributed by atoms with van der Waals surface area (Å²) < 4.78 is 2.38. The molecule has 0 saturated heterocycles. The molecule has 0 amide bonds. The van der Waals surface area contributed by atoms with Gasteiger partial charge in [0.15, 0.2) is 0 Å². The van der Waals surface area contributed by atoms with Crippen molar-refractivity contribution in [2.75, 3.05) is 0 Å². The monoisotopic (exact) mass is 274 g/mol. The number of aromatic nitrogens is 1. The van der Waals surface area contributed by atoms with Crippen LogP contribution in [-0.2, 0) is 6.54 Å². The highest BCUT2D eigenvalue weighted by Gasteiger charge is 2.09. The maximum Gasteiger partial charge on any atom is 0.0621 e. The standard InChI is InChI=1S/C19H18N2/c20-13-7-2-8-14-21-18-12-6-5-11-17(18)15-19(21)16-9-3-1-4-10-16/h1,3-6,9-12,15H,2,7-8,14H2. The van der Waals surface area contributed by atoms with E-state index in [0.717, 1.165) is 19.4 Å². The summed E-state index contributed by atoms with van der Waals surface area (Å²) in [6.07, 6.45) is 2.63. The largest absolute Gasteiger partial charge is 0.340 e. The second kappa shape index (κ2) is 6.28. The fourth-order valence-electron chi connectivity index (χ4n) is 2.77. The number of rotatable bonds is 5. The lowest BCUT2D eigenvalue weighted by Gasteiger charge is -2.10. The summed E-state index contributed by atoms with van der Waals surface area (Å²) in [5, 5.41) is 9.95. The number of hydrogen-bond acceptors (Lipinski definition) is 1. The number of para-hydroxylation sites is 1. The first-order valence-corrected chi connectivity index (χ1v) is 7.41. The minimum atomic E-state index is 0.639. The number of nitriles is 1. The van der Waals surface area contributed by atoms with Gasteiger partial charge in [-0.25, -0.2) is 0 Å². The van der Waals surface area contributed by atoms with Gasteiger partial charge in [0.05, 0.1) is 6.07 Å². The van der Waals surface area contributed by atoms with Gasteiger partial charge in [0.2, 0.25) is 0 Å². The predicted octanol–water partition coefficient (Wildman–Crippen LogP) is 5.00. The lowest BCUT2D eigenvalue weighted by molar-refractivity contribution is 0.636. The summed E-state index contributed by atoms with van der Waals surface area (Å²) in [5.74, 6) is 0. The molecule has 0 atom stereocenters. The topological polar surface area (TPSA) is 28.7 Å². The van der Waals surface area contributed by atoms with E-state index < -0.39 is 0 Å². The van der Waals surface area contributed by atoms with Crippen LogP contribution in [0.15, 0.2) is 60.7 Å². The third-order valence-electron chi connectivity index (χ3n) is 3.80. The van der Waals surface area contributed by atoms with Crippen LogP contribution in [0.3, 0.4) is 0 Å². The zero-order valence-electron chi connectivity index (χ0n) is 12.0. The lowest BCUT2D eigenvalue weighted by atomic mass is 10.1. The molecule has 0 N–H and O–H groups in total. The number of unbranched alkanes of at least 4 members (excludes halogenated alkanes) is 2. The SMILES string of the molecule is N#CCCCCn1c(-c2ccccc2)cc2ccccc21. The molecule has 0 unspecified atom stereocenters. The van der Waals surface area contributed by atoms with Crippen molar-refractivity contribution in [2.24, 2.45) is 0 Å². The third kappa shape index (κ3) is 2.83. The first-order valence-electron chi connectivity index (χ1n) is 7.41. The van der Waals surface area contributed by atoms with Crippen molar-refractivity contribution >= 4 is 10.9 Å². The molecule has 2 aromatic carbocycles. The van der Waals surface area contributed by atoms with Crippen molar-refractivity contribution < 1.29 is 0 Å². The van der Waals surface area contributed by atoms with Crippen molar-refractivity contribution in [1.29, 1.82) is 5.26 Å². The Morgan fingerprint density at radius 3 is 2.48 bits per heavy atom. The Labute approximate surface area is 125 Å². The van der Waals surface area contributed by atoms with E-state index in [1.54, 1.807) is 0 Å². The van der Waals surface area contributed by atoms with Gasteiger partial charge in [-0.05, 0) is 30.5 Å². The smallest absolute Gasteiger partial charge is 0.0621 e. The Hall–Kier alpha value is -2.53. The molecular formula is C19H18N2. The molecule has 0 aliphatic carbocycles. The molecule has 0 aliphatic rings. The number of aryl methyl sites for hydroxylation is 1. The Balaban J connectivity index is 2.00. The fourth-order valence-corrected chi connectivity index (χ4v) is 2.77. The van der Waals surface area contributed by atoms with E-state index in [1.165, 1.54) is 22.2 Å². The molecule has 0 bridgehead atoms. The number of hydrogen-bond donors (Lipinski definition) is 0. The maximum absolute atomic E-state index is 8.67. The van der Waals surface area contributed by atoms with Crippen molar-refractivity contribution in [3.05, 3.63) is 60.7 Å². The highest BCUT2D eigenvalue weighted by atomic mass is 15.0. The third-order valence-corrected chi connectivity index (χ3v) is 3.80. The lowest BCUT2D eigenvalue weighted by Crippen LogP contribution is -2.00. The molecule has 0 aliphatic heterocycles. The predicted molar refractivity (Wildman–Crippen MR) is 86.8 cm³/mol. The van der Waals surface area contributed by atoms with Gasteiger partial charge in [-0.2, -0.15) is 5.26 Å². The van der Waals surface area contributed by atoms with Crippen molar-refractivity contribution in [3.63, 3.8) is 0 Å². The summed E-state index contributed by atoms with van der Waals surface area (Å²) in [6, 6.07) is 23.5. The zero-order valence-corrected chi connectivity index (χ0v) is 12.0. The van der Waals surface area contributed by atoms with Gasteiger partial charge in [-0.15, -0.1) is 0 Å². The van der Waals surface area contributed by atoms with Crippen LogP contribution >= 0.6 is 0 Å². The van der Waals surface area contributed by atoms with Gasteiger partial charge in [-0.3, -0.25) is 0 Å². The van der Waals surface area contributed by atoms with Gasteiger partial charge in [-0.1, -0.05) is 48.5 Å². The van der Waals surface area contributed by atoms with Crippen LogP contribution in [-0.4, -0.2) is 4.57 Å². The quantitative estimate of drug-likeness (QED) is 0.602.